The number of benzene rings is 3. The number of thiazole rings is 1. The Morgan fingerprint density at radius 2 is 1.79 bits per heavy atom. The van der Waals surface area contributed by atoms with E-state index in [1.165, 1.54) is 47.7 Å². The van der Waals surface area contributed by atoms with Crippen molar-refractivity contribution in [3.63, 3.8) is 0 Å². The largest absolute Gasteiger partial charge is 0.383 e. The predicted molar refractivity (Wildman–Crippen MR) is 130 cm³/mol. The summed E-state index contributed by atoms with van der Waals surface area (Å²) >= 11 is 1.42. The van der Waals surface area contributed by atoms with E-state index in [-0.39, 0.29) is 10.6 Å². The second-order valence-corrected chi connectivity index (χ2v) is 10.2. The van der Waals surface area contributed by atoms with Crippen molar-refractivity contribution < 1.29 is 22.3 Å². The Morgan fingerprint density at radius 1 is 1.09 bits per heavy atom. The summed E-state index contributed by atoms with van der Waals surface area (Å²) in [6.07, 6.45) is 0. The molecule has 0 bridgehead atoms. The molecule has 0 atom stereocenters. The Balaban J connectivity index is 1.59. The van der Waals surface area contributed by atoms with Crippen LogP contribution in [0.5, 0.6) is 0 Å². The van der Waals surface area contributed by atoms with Crippen LogP contribution in [-0.2, 0) is 21.3 Å². The van der Waals surface area contributed by atoms with E-state index in [4.69, 9.17) is 4.74 Å². The zero-order valence-corrected chi connectivity index (χ0v) is 20.1. The molecule has 4 aromatic rings. The number of nitrogens with zero attached hydrogens (tertiary/aromatic N) is 2. The van der Waals surface area contributed by atoms with Gasteiger partial charge in [-0.25, -0.2) is 12.8 Å². The highest BCUT2D eigenvalue weighted by Crippen LogP contribution is 2.20. The minimum absolute atomic E-state index is 0.0651. The minimum Gasteiger partial charge on any atom is -0.383 e. The lowest BCUT2D eigenvalue weighted by molar-refractivity contribution is 0.0997. The van der Waals surface area contributed by atoms with Crippen LogP contribution in [0, 0.1) is 12.7 Å². The molecule has 0 aliphatic heterocycles. The Morgan fingerprint density at radius 3 is 2.47 bits per heavy atom. The molecule has 7 nitrogen and oxygen atoms in total. The van der Waals surface area contributed by atoms with Gasteiger partial charge in [0.1, 0.15) is 5.82 Å². The fraction of sp³-hybridized carbons (Fsp3) is 0.167. The molecule has 4 rings (SSSR count). The first-order valence-electron chi connectivity index (χ1n) is 10.3. The first kappa shape index (κ1) is 23.8. The number of nitrogens with one attached hydrogen (secondary N) is 1. The molecule has 1 N–H and O–H groups in total. The smallest absolute Gasteiger partial charge is 0.279 e. The molecular weight excluding hydrogens is 477 g/mol. The monoisotopic (exact) mass is 499 g/mol. The number of carbonyl (C=O) groups excluding carboxylic acids is 1. The zero-order chi connectivity index (χ0) is 24.3. The predicted octanol–water partition coefficient (Wildman–Crippen LogP) is 4.34. The number of methoxy groups -OCH3 is 1. The molecule has 0 fully saturated rings. The summed E-state index contributed by atoms with van der Waals surface area (Å²) in [5, 5.41) is 0. The summed E-state index contributed by atoms with van der Waals surface area (Å²) in [5.41, 5.74) is 2.68. The maximum absolute atomic E-state index is 13.1. The lowest BCUT2D eigenvalue weighted by Crippen LogP contribution is -2.19. The van der Waals surface area contributed by atoms with Crippen LogP contribution in [0.25, 0.3) is 10.2 Å². The molecule has 1 heterocycles. The van der Waals surface area contributed by atoms with Gasteiger partial charge in [0.2, 0.25) is 0 Å². The molecule has 0 aliphatic carbocycles. The van der Waals surface area contributed by atoms with Gasteiger partial charge in [-0.3, -0.25) is 9.52 Å². The topological polar surface area (TPSA) is 89.8 Å². The molecule has 0 saturated carbocycles. The van der Waals surface area contributed by atoms with Crippen LogP contribution in [0.1, 0.15) is 15.9 Å². The van der Waals surface area contributed by atoms with Gasteiger partial charge >= 0.3 is 0 Å². The van der Waals surface area contributed by atoms with Crippen LogP contribution in [0.15, 0.2) is 76.6 Å². The molecule has 34 heavy (non-hydrogen) atoms. The molecule has 0 aliphatic rings. The summed E-state index contributed by atoms with van der Waals surface area (Å²) in [6.45, 7) is 3.03. The lowest BCUT2D eigenvalue weighted by Gasteiger charge is -2.08. The van der Waals surface area contributed by atoms with Gasteiger partial charge in [0.25, 0.3) is 15.9 Å². The number of aryl methyl sites for hydroxylation is 1. The Labute approximate surface area is 200 Å². The Hall–Kier alpha value is -3.34. The first-order chi connectivity index (χ1) is 16.3. The molecule has 3 aromatic carbocycles. The van der Waals surface area contributed by atoms with Crippen LogP contribution in [0.2, 0.25) is 0 Å². The molecule has 10 heteroatoms. The summed E-state index contributed by atoms with van der Waals surface area (Å²) in [5.74, 6) is -0.967. The van der Waals surface area contributed by atoms with Crippen LogP contribution >= 0.6 is 11.3 Å². The Kier molecular flexibility index (Phi) is 6.92. The fourth-order valence-electron chi connectivity index (χ4n) is 3.32. The number of halogens is 1. The van der Waals surface area contributed by atoms with Crippen molar-refractivity contribution in [1.82, 2.24) is 4.57 Å². The highest BCUT2D eigenvalue weighted by molar-refractivity contribution is 7.92. The molecule has 0 unspecified atom stereocenters. The number of sulfonamides is 1. The number of rotatable bonds is 7. The van der Waals surface area contributed by atoms with Crippen molar-refractivity contribution >= 4 is 43.2 Å². The van der Waals surface area contributed by atoms with E-state index in [1.807, 2.05) is 23.6 Å². The average molecular weight is 500 g/mol. The second kappa shape index (κ2) is 9.88. The van der Waals surface area contributed by atoms with Crippen molar-refractivity contribution in [3.05, 3.63) is 88.5 Å². The van der Waals surface area contributed by atoms with E-state index in [9.17, 15) is 17.6 Å². The van der Waals surface area contributed by atoms with Gasteiger partial charge in [0, 0.05) is 24.9 Å². The van der Waals surface area contributed by atoms with Gasteiger partial charge in [-0.05, 0) is 73.2 Å². The van der Waals surface area contributed by atoms with Crippen LogP contribution in [0.3, 0.4) is 0 Å². The van der Waals surface area contributed by atoms with Crippen LogP contribution in [0.4, 0.5) is 10.1 Å². The van der Waals surface area contributed by atoms with Crippen molar-refractivity contribution in [3.8, 4) is 0 Å². The van der Waals surface area contributed by atoms with Gasteiger partial charge in [0.05, 0.1) is 21.7 Å². The molecule has 1 amide bonds. The summed E-state index contributed by atoms with van der Waals surface area (Å²) in [4.78, 5) is 17.7. The average Bonchev–Trinajstić information content (AvgIpc) is 3.13. The van der Waals surface area contributed by atoms with Gasteiger partial charge in [-0.2, -0.15) is 4.99 Å². The fourth-order valence-corrected chi connectivity index (χ4v) is 5.54. The molecule has 176 valence electrons. The number of anilines is 1. The van der Waals surface area contributed by atoms with E-state index < -0.39 is 21.7 Å². The number of carbonyl (C=O) groups is 1. The lowest BCUT2D eigenvalue weighted by atomic mass is 10.2. The quantitative estimate of drug-likeness (QED) is 0.410. The van der Waals surface area contributed by atoms with Gasteiger partial charge in [-0.15, -0.1) is 0 Å². The number of ether oxygens (including phenoxy) is 1. The first-order valence-corrected chi connectivity index (χ1v) is 12.6. The number of hydrogen-bond acceptors (Lipinski definition) is 5. The summed E-state index contributed by atoms with van der Waals surface area (Å²) in [7, 11) is -2.27. The highest BCUT2D eigenvalue weighted by Gasteiger charge is 2.15. The highest BCUT2D eigenvalue weighted by atomic mass is 32.2. The molecular formula is C24H22FN3O4S2. The zero-order valence-electron chi connectivity index (χ0n) is 18.5. The molecule has 0 spiro atoms. The minimum atomic E-state index is -3.88. The number of amides is 1. The maximum atomic E-state index is 13.1. The van der Waals surface area contributed by atoms with Crippen molar-refractivity contribution in [2.75, 3.05) is 18.4 Å². The third kappa shape index (κ3) is 5.24. The van der Waals surface area contributed by atoms with E-state index in [0.29, 0.717) is 23.5 Å². The SMILES string of the molecule is COCCn1c(=NC(=O)c2ccc(NS(=O)(=O)c3ccc(F)cc3)cc2)sc2cc(C)ccc21. The standard InChI is InChI=1S/C24H22FN3O4S2/c1-16-3-12-21-22(15-16)33-24(28(21)13-14-32-2)26-23(29)17-4-8-19(9-5-17)27-34(30,31)20-10-6-18(25)7-11-20/h3-12,15,27H,13-14H2,1-2H3. The van der Waals surface area contributed by atoms with Crippen molar-refractivity contribution in [2.24, 2.45) is 4.99 Å². The third-order valence-electron chi connectivity index (χ3n) is 5.06. The van der Waals surface area contributed by atoms with Crippen LogP contribution < -0.4 is 9.52 Å². The molecule has 0 radical (unpaired) electrons. The third-order valence-corrected chi connectivity index (χ3v) is 7.50. The van der Waals surface area contributed by atoms with Crippen LogP contribution in [-0.4, -0.2) is 32.6 Å². The van der Waals surface area contributed by atoms with E-state index >= 15 is 0 Å². The van der Waals surface area contributed by atoms with Gasteiger partial charge in [-0.1, -0.05) is 17.4 Å². The number of fused-ring (bicyclic) bond motifs is 1. The normalized spacial score (nSPS) is 12.3. The maximum Gasteiger partial charge on any atom is 0.279 e. The number of aromatic nitrogens is 1. The van der Waals surface area contributed by atoms with E-state index in [0.717, 1.165) is 27.9 Å². The summed E-state index contributed by atoms with van der Waals surface area (Å²) < 4.78 is 48.6. The van der Waals surface area contributed by atoms with Gasteiger partial charge in [0.15, 0.2) is 4.80 Å². The van der Waals surface area contributed by atoms with Crippen molar-refractivity contribution in [2.45, 2.75) is 18.4 Å². The Bertz CT molecular complexity index is 1510. The van der Waals surface area contributed by atoms with Gasteiger partial charge < -0.3 is 9.30 Å². The van der Waals surface area contributed by atoms with Crippen molar-refractivity contribution in [1.29, 1.82) is 0 Å². The van der Waals surface area contributed by atoms with E-state index in [1.54, 1.807) is 7.11 Å². The van der Waals surface area contributed by atoms with E-state index in [2.05, 4.69) is 15.8 Å². The summed E-state index contributed by atoms with van der Waals surface area (Å²) in [6, 6.07) is 16.6. The second-order valence-electron chi connectivity index (χ2n) is 7.55. The number of hydrogen-bond donors (Lipinski definition) is 1. The molecule has 0 saturated heterocycles. The molecule has 1 aromatic heterocycles.